The number of hydrogen-bond acceptors (Lipinski definition) is 4. The van der Waals surface area contributed by atoms with E-state index in [4.69, 9.17) is 4.74 Å². The van der Waals surface area contributed by atoms with Crippen LogP contribution >= 0.6 is 15.9 Å². The fourth-order valence-corrected chi connectivity index (χ4v) is 4.11. The van der Waals surface area contributed by atoms with Crippen LogP contribution in [0.5, 0.6) is 0 Å². The van der Waals surface area contributed by atoms with Gasteiger partial charge >= 0.3 is 5.97 Å². The van der Waals surface area contributed by atoms with E-state index in [0.29, 0.717) is 10.2 Å². The molecule has 7 heteroatoms. The van der Waals surface area contributed by atoms with Gasteiger partial charge in [-0.15, -0.1) is 0 Å². The third kappa shape index (κ3) is 4.33. The summed E-state index contributed by atoms with van der Waals surface area (Å²) in [5, 5.41) is 0. The summed E-state index contributed by atoms with van der Waals surface area (Å²) in [6.07, 6.45) is 0. The maximum absolute atomic E-state index is 12.5. The maximum Gasteiger partial charge on any atom is 0.338 e. The highest BCUT2D eigenvalue weighted by Crippen LogP contribution is 2.26. The molecule has 0 amide bonds. The number of ether oxygens (including phenoxy) is 1. The first-order valence-electron chi connectivity index (χ1n) is 6.89. The molecule has 0 aliphatic carbocycles. The first-order valence-corrected chi connectivity index (χ1v) is 9.17. The molecule has 122 valence electrons. The molecule has 0 unspecified atom stereocenters. The number of aryl methyl sites for hydroxylation is 1. The number of carbonyl (C=O) groups excluding carboxylic acids is 1. The lowest BCUT2D eigenvalue weighted by molar-refractivity contribution is 0.0526. The predicted molar refractivity (Wildman–Crippen MR) is 92.1 cm³/mol. The van der Waals surface area contributed by atoms with Crippen molar-refractivity contribution in [1.82, 2.24) is 0 Å². The third-order valence-electron chi connectivity index (χ3n) is 3.00. The number of benzene rings is 2. The van der Waals surface area contributed by atoms with Crippen molar-refractivity contribution < 1.29 is 17.9 Å². The van der Waals surface area contributed by atoms with Gasteiger partial charge in [-0.3, -0.25) is 4.72 Å². The van der Waals surface area contributed by atoms with Gasteiger partial charge in [0.25, 0.3) is 10.0 Å². The van der Waals surface area contributed by atoms with Crippen LogP contribution in [0.1, 0.15) is 22.8 Å². The Morgan fingerprint density at radius 2 is 1.96 bits per heavy atom. The Bertz CT molecular complexity index is 834. The first kappa shape index (κ1) is 17.5. The van der Waals surface area contributed by atoms with Crippen LogP contribution in [0, 0.1) is 6.92 Å². The molecule has 0 radical (unpaired) electrons. The molecule has 0 heterocycles. The summed E-state index contributed by atoms with van der Waals surface area (Å²) >= 11 is 3.20. The standard InChI is InChI=1S/C16H16BrNO4S/c1-3-22-16(19)12-7-8-15(14(17)10-12)23(20,21)18-13-6-4-5-11(2)9-13/h4-10,18H,3H2,1-2H3. The second-order valence-corrected chi connectivity index (χ2v) is 7.35. The minimum atomic E-state index is -3.76. The minimum absolute atomic E-state index is 0.0482. The molecule has 0 aliphatic heterocycles. The number of anilines is 1. The van der Waals surface area contributed by atoms with Gasteiger partial charge in [-0.2, -0.15) is 0 Å². The number of halogens is 1. The SMILES string of the molecule is CCOC(=O)c1ccc(S(=O)(=O)Nc2cccc(C)c2)c(Br)c1. The zero-order chi connectivity index (χ0) is 17.0. The van der Waals surface area contributed by atoms with Gasteiger partial charge in [0, 0.05) is 10.2 Å². The Morgan fingerprint density at radius 3 is 2.57 bits per heavy atom. The maximum atomic E-state index is 12.5. The van der Waals surface area contributed by atoms with E-state index in [9.17, 15) is 13.2 Å². The average molecular weight is 398 g/mol. The van der Waals surface area contributed by atoms with Crippen molar-refractivity contribution in [3.05, 3.63) is 58.1 Å². The van der Waals surface area contributed by atoms with E-state index in [-0.39, 0.29) is 17.1 Å². The molecule has 2 rings (SSSR count). The summed E-state index contributed by atoms with van der Waals surface area (Å²) in [7, 11) is -3.76. The zero-order valence-corrected chi connectivity index (χ0v) is 15.1. The van der Waals surface area contributed by atoms with Gasteiger partial charge in [-0.05, 0) is 65.7 Å². The van der Waals surface area contributed by atoms with Crippen molar-refractivity contribution in [2.45, 2.75) is 18.7 Å². The van der Waals surface area contributed by atoms with Crippen LogP contribution in [0.25, 0.3) is 0 Å². The normalized spacial score (nSPS) is 11.1. The average Bonchev–Trinajstić information content (AvgIpc) is 2.46. The molecule has 2 aromatic rings. The van der Waals surface area contributed by atoms with Gasteiger partial charge in [0.05, 0.1) is 12.2 Å². The molecular formula is C16H16BrNO4S. The predicted octanol–water partition coefficient (Wildman–Crippen LogP) is 3.74. The smallest absolute Gasteiger partial charge is 0.338 e. The molecule has 5 nitrogen and oxygen atoms in total. The van der Waals surface area contributed by atoms with Crippen LogP contribution in [0.3, 0.4) is 0 Å². The first-order chi connectivity index (χ1) is 10.8. The van der Waals surface area contributed by atoms with E-state index in [2.05, 4.69) is 20.7 Å². The van der Waals surface area contributed by atoms with Gasteiger partial charge in [0.2, 0.25) is 0 Å². The molecule has 0 saturated carbocycles. The largest absolute Gasteiger partial charge is 0.462 e. The van der Waals surface area contributed by atoms with Crippen molar-refractivity contribution in [1.29, 1.82) is 0 Å². The Balaban J connectivity index is 2.31. The Hall–Kier alpha value is -1.86. The zero-order valence-electron chi connectivity index (χ0n) is 12.7. The number of sulfonamides is 1. The second kappa shape index (κ2) is 7.14. The Morgan fingerprint density at radius 1 is 1.22 bits per heavy atom. The number of hydrogen-bond donors (Lipinski definition) is 1. The molecular weight excluding hydrogens is 382 g/mol. The lowest BCUT2D eigenvalue weighted by Crippen LogP contribution is -2.14. The molecule has 0 fully saturated rings. The molecule has 0 bridgehead atoms. The van der Waals surface area contributed by atoms with E-state index in [1.165, 1.54) is 18.2 Å². The number of nitrogens with one attached hydrogen (secondary N) is 1. The fraction of sp³-hybridized carbons (Fsp3) is 0.188. The fourth-order valence-electron chi connectivity index (χ4n) is 1.98. The molecule has 0 spiro atoms. The highest BCUT2D eigenvalue weighted by molar-refractivity contribution is 9.10. The van der Waals surface area contributed by atoms with Crippen LogP contribution in [-0.2, 0) is 14.8 Å². The Kier molecular flexibility index (Phi) is 5.43. The molecule has 0 atom stereocenters. The summed E-state index contributed by atoms with van der Waals surface area (Å²) < 4.78 is 32.7. The summed E-state index contributed by atoms with van der Waals surface area (Å²) in [6.45, 7) is 3.84. The summed E-state index contributed by atoms with van der Waals surface area (Å²) in [5.41, 5.74) is 1.71. The van der Waals surface area contributed by atoms with Crippen molar-refractivity contribution in [3.63, 3.8) is 0 Å². The summed E-state index contributed by atoms with van der Waals surface area (Å²) in [4.78, 5) is 11.7. The van der Waals surface area contributed by atoms with Crippen molar-refractivity contribution in [2.75, 3.05) is 11.3 Å². The van der Waals surface area contributed by atoms with Gasteiger partial charge in [-0.1, -0.05) is 12.1 Å². The molecule has 0 aliphatic rings. The highest BCUT2D eigenvalue weighted by Gasteiger charge is 2.19. The Labute approximate surface area is 143 Å². The van der Waals surface area contributed by atoms with Crippen LogP contribution in [-0.4, -0.2) is 21.0 Å². The molecule has 0 aromatic heterocycles. The van der Waals surface area contributed by atoms with E-state index >= 15 is 0 Å². The molecule has 23 heavy (non-hydrogen) atoms. The summed E-state index contributed by atoms with van der Waals surface area (Å²) in [6, 6.07) is 11.3. The number of carbonyl (C=O) groups is 1. The lowest BCUT2D eigenvalue weighted by Gasteiger charge is -2.11. The molecule has 2 aromatic carbocycles. The van der Waals surface area contributed by atoms with Gasteiger partial charge < -0.3 is 4.74 Å². The van der Waals surface area contributed by atoms with E-state index in [0.717, 1.165) is 5.56 Å². The summed E-state index contributed by atoms with van der Waals surface area (Å²) in [5.74, 6) is -0.496. The van der Waals surface area contributed by atoms with Gasteiger partial charge in [-0.25, -0.2) is 13.2 Å². The van der Waals surface area contributed by atoms with Crippen LogP contribution in [0.15, 0.2) is 51.8 Å². The van der Waals surface area contributed by atoms with Crippen molar-refractivity contribution >= 4 is 37.6 Å². The van der Waals surface area contributed by atoms with Gasteiger partial charge in [0.1, 0.15) is 4.90 Å². The topological polar surface area (TPSA) is 72.5 Å². The highest BCUT2D eigenvalue weighted by atomic mass is 79.9. The molecule has 0 saturated heterocycles. The van der Waals surface area contributed by atoms with Crippen molar-refractivity contribution in [2.24, 2.45) is 0 Å². The van der Waals surface area contributed by atoms with E-state index < -0.39 is 16.0 Å². The monoisotopic (exact) mass is 397 g/mol. The van der Waals surface area contributed by atoms with E-state index in [1.807, 2.05) is 13.0 Å². The van der Waals surface area contributed by atoms with Crippen LogP contribution in [0.4, 0.5) is 5.69 Å². The quantitative estimate of drug-likeness (QED) is 0.779. The van der Waals surface area contributed by atoms with E-state index in [1.54, 1.807) is 25.1 Å². The number of rotatable bonds is 5. The minimum Gasteiger partial charge on any atom is -0.462 e. The molecule has 1 N–H and O–H groups in total. The van der Waals surface area contributed by atoms with Gasteiger partial charge in [0.15, 0.2) is 0 Å². The van der Waals surface area contributed by atoms with Crippen molar-refractivity contribution in [3.8, 4) is 0 Å². The lowest BCUT2D eigenvalue weighted by atomic mass is 10.2. The van der Waals surface area contributed by atoms with Crippen LogP contribution in [0.2, 0.25) is 0 Å². The second-order valence-electron chi connectivity index (χ2n) is 4.84. The third-order valence-corrected chi connectivity index (χ3v) is 5.36. The van der Waals surface area contributed by atoms with Crippen LogP contribution < -0.4 is 4.72 Å². The number of esters is 1.